The van der Waals surface area contributed by atoms with Gasteiger partial charge in [-0.25, -0.2) is 9.59 Å². The molecule has 5 N–H and O–H groups in total. The molecule has 1 atom stereocenters. The summed E-state index contributed by atoms with van der Waals surface area (Å²) in [5.74, 6) is -2.46. The van der Waals surface area contributed by atoms with Gasteiger partial charge in [-0.3, -0.25) is 0 Å². The Bertz CT molecular complexity index is 371. The molecule has 0 amide bonds. The first-order valence-corrected chi connectivity index (χ1v) is 4.41. The standard InChI is InChI=1S/C8H8O4.C2H4O3/c9-6-3-1-5(2-4-6)7(10)8(11)12;3-1-2(4)5/h1-4,7,9-10H,(H,11,12);3H,1H2,(H,4,5). The molecule has 0 aliphatic carbocycles. The monoisotopic (exact) mass is 244 g/mol. The van der Waals surface area contributed by atoms with Crippen molar-refractivity contribution in [2.45, 2.75) is 6.10 Å². The molecule has 7 nitrogen and oxygen atoms in total. The van der Waals surface area contributed by atoms with E-state index in [0.29, 0.717) is 0 Å². The first kappa shape index (κ1) is 14.9. The largest absolute Gasteiger partial charge is 0.508 e. The average molecular weight is 244 g/mol. The van der Waals surface area contributed by atoms with Crippen molar-refractivity contribution in [1.82, 2.24) is 0 Å². The van der Waals surface area contributed by atoms with Crippen molar-refractivity contribution in [2.75, 3.05) is 6.61 Å². The minimum Gasteiger partial charge on any atom is -0.508 e. The number of phenolic OH excluding ortho intramolecular Hbond substituents is 1. The minimum absolute atomic E-state index is 0.0383. The van der Waals surface area contributed by atoms with Gasteiger partial charge in [-0.15, -0.1) is 0 Å². The molecule has 0 fully saturated rings. The van der Waals surface area contributed by atoms with Crippen LogP contribution in [0.3, 0.4) is 0 Å². The summed E-state index contributed by atoms with van der Waals surface area (Å²) in [4.78, 5) is 19.4. The van der Waals surface area contributed by atoms with Gasteiger partial charge < -0.3 is 25.5 Å². The van der Waals surface area contributed by atoms with Gasteiger partial charge in [-0.1, -0.05) is 12.1 Å². The second-order valence-electron chi connectivity index (χ2n) is 2.88. The fourth-order valence-corrected chi connectivity index (χ4v) is 0.799. The van der Waals surface area contributed by atoms with Gasteiger partial charge >= 0.3 is 11.9 Å². The van der Waals surface area contributed by atoms with Gasteiger partial charge in [0.15, 0.2) is 6.10 Å². The van der Waals surface area contributed by atoms with E-state index in [-0.39, 0.29) is 11.3 Å². The molecule has 0 radical (unpaired) electrons. The van der Waals surface area contributed by atoms with Crippen LogP contribution in [0.15, 0.2) is 24.3 Å². The molecule has 0 saturated carbocycles. The Labute approximate surface area is 96.2 Å². The van der Waals surface area contributed by atoms with Gasteiger partial charge in [0.25, 0.3) is 0 Å². The maximum absolute atomic E-state index is 10.3. The SMILES string of the molecule is O=C(O)C(O)c1ccc(O)cc1.O=C(O)CO. The molecule has 0 bridgehead atoms. The van der Waals surface area contributed by atoms with Crippen molar-refractivity contribution in [1.29, 1.82) is 0 Å². The van der Waals surface area contributed by atoms with Crippen LogP contribution in [0.1, 0.15) is 11.7 Å². The van der Waals surface area contributed by atoms with Crippen LogP contribution in [-0.2, 0) is 9.59 Å². The summed E-state index contributed by atoms with van der Waals surface area (Å²) < 4.78 is 0. The predicted molar refractivity (Wildman–Crippen MR) is 55.4 cm³/mol. The highest BCUT2D eigenvalue weighted by atomic mass is 16.4. The van der Waals surface area contributed by atoms with E-state index in [0.717, 1.165) is 0 Å². The molecule has 0 aliphatic rings. The number of hydrogen-bond donors (Lipinski definition) is 5. The molecule has 0 spiro atoms. The number of aliphatic hydroxyl groups excluding tert-OH is 2. The van der Waals surface area contributed by atoms with Gasteiger partial charge in [-0.05, 0) is 17.7 Å². The van der Waals surface area contributed by atoms with Crippen molar-refractivity contribution in [3.63, 3.8) is 0 Å². The van der Waals surface area contributed by atoms with Crippen molar-refractivity contribution >= 4 is 11.9 Å². The Morgan fingerprint density at radius 2 is 1.53 bits per heavy atom. The van der Waals surface area contributed by atoms with Crippen LogP contribution in [-0.4, -0.2) is 44.1 Å². The Morgan fingerprint density at radius 3 is 1.82 bits per heavy atom. The van der Waals surface area contributed by atoms with Crippen LogP contribution >= 0.6 is 0 Å². The molecule has 17 heavy (non-hydrogen) atoms. The molecule has 1 rings (SSSR count). The van der Waals surface area contributed by atoms with Crippen molar-refractivity contribution < 1.29 is 35.1 Å². The van der Waals surface area contributed by atoms with E-state index in [1.807, 2.05) is 0 Å². The van der Waals surface area contributed by atoms with Crippen molar-refractivity contribution in [3.05, 3.63) is 29.8 Å². The van der Waals surface area contributed by atoms with E-state index in [4.69, 9.17) is 30.3 Å². The van der Waals surface area contributed by atoms with Crippen LogP contribution in [0.5, 0.6) is 5.75 Å². The number of rotatable bonds is 3. The highest BCUT2D eigenvalue weighted by molar-refractivity contribution is 5.74. The lowest BCUT2D eigenvalue weighted by Gasteiger charge is -2.04. The molecule has 7 heteroatoms. The number of phenols is 1. The molecule has 1 unspecified atom stereocenters. The number of hydrogen-bond acceptors (Lipinski definition) is 5. The maximum atomic E-state index is 10.3. The van der Waals surface area contributed by atoms with E-state index in [1.54, 1.807) is 0 Å². The molecule has 0 aliphatic heterocycles. The Kier molecular flexibility index (Phi) is 6.30. The van der Waals surface area contributed by atoms with Crippen LogP contribution in [0.4, 0.5) is 0 Å². The smallest absolute Gasteiger partial charge is 0.337 e. The average Bonchev–Trinajstić information content (AvgIpc) is 2.29. The molecular weight excluding hydrogens is 232 g/mol. The van der Waals surface area contributed by atoms with Gasteiger partial charge in [0.1, 0.15) is 12.4 Å². The quantitative estimate of drug-likeness (QED) is 0.487. The molecule has 1 aromatic rings. The van der Waals surface area contributed by atoms with Gasteiger partial charge in [0.05, 0.1) is 0 Å². The summed E-state index contributed by atoms with van der Waals surface area (Å²) in [7, 11) is 0. The maximum Gasteiger partial charge on any atom is 0.337 e. The van der Waals surface area contributed by atoms with E-state index < -0.39 is 24.6 Å². The predicted octanol–water partition coefficient (Wildman–Crippen LogP) is -0.427. The summed E-state index contributed by atoms with van der Waals surface area (Å²) in [6, 6.07) is 5.35. The summed E-state index contributed by atoms with van der Waals surface area (Å²) in [5.41, 5.74) is 0.250. The third-order valence-corrected chi connectivity index (χ3v) is 1.58. The zero-order valence-electron chi connectivity index (χ0n) is 8.65. The fourth-order valence-electron chi connectivity index (χ4n) is 0.799. The number of aliphatic carboxylic acids is 2. The lowest BCUT2D eigenvalue weighted by atomic mass is 10.1. The highest BCUT2D eigenvalue weighted by Crippen LogP contribution is 2.16. The molecule has 0 aromatic heterocycles. The van der Waals surface area contributed by atoms with Crippen molar-refractivity contribution in [3.8, 4) is 5.75 Å². The van der Waals surface area contributed by atoms with Crippen LogP contribution in [0, 0.1) is 0 Å². The number of benzene rings is 1. The Balaban J connectivity index is 0.000000437. The first-order valence-electron chi connectivity index (χ1n) is 4.41. The molecular formula is C10H12O7. The molecule has 1 aromatic carbocycles. The van der Waals surface area contributed by atoms with Gasteiger partial charge in [0, 0.05) is 0 Å². The van der Waals surface area contributed by atoms with Crippen LogP contribution in [0.2, 0.25) is 0 Å². The topological polar surface area (TPSA) is 135 Å². The van der Waals surface area contributed by atoms with Gasteiger partial charge in [-0.2, -0.15) is 0 Å². The number of carboxylic acid groups (broad SMARTS) is 2. The van der Waals surface area contributed by atoms with Crippen molar-refractivity contribution in [2.24, 2.45) is 0 Å². The summed E-state index contributed by atoms with van der Waals surface area (Å²) in [5, 5.41) is 41.3. The van der Waals surface area contributed by atoms with Crippen LogP contribution < -0.4 is 0 Å². The second kappa shape index (κ2) is 7.20. The molecule has 0 heterocycles. The number of carboxylic acids is 2. The molecule has 94 valence electrons. The number of carbonyl (C=O) groups is 2. The Hall–Kier alpha value is -2.12. The Morgan fingerprint density at radius 1 is 1.12 bits per heavy atom. The summed E-state index contributed by atoms with van der Waals surface area (Å²) in [6.07, 6.45) is -1.52. The molecule has 0 saturated heterocycles. The van der Waals surface area contributed by atoms with Crippen LogP contribution in [0.25, 0.3) is 0 Å². The lowest BCUT2D eigenvalue weighted by Crippen LogP contribution is -2.09. The minimum atomic E-state index is -1.52. The number of aliphatic hydroxyl groups is 2. The summed E-state index contributed by atoms with van der Waals surface area (Å²) >= 11 is 0. The normalized spacial score (nSPS) is 10.9. The first-order chi connectivity index (χ1) is 7.88. The van der Waals surface area contributed by atoms with Gasteiger partial charge in [0.2, 0.25) is 0 Å². The number of aromatic hydroxyl groups is 1. The zero-order chi connectivity index (χ0) is 13.4. The fraction of sp³-hybridized carbons (Fsp3) is 0.200. The van der Waals surface area contributed by atoms with E-state index in [2.05, 4.69) is 0 Å². The highest BCUT2D eigenvalue weighted by Gasteiger charge is 2.14. The zero-order valence-corrected chi connectivity index (χ0v) is 8.65. The van der Waals surface area contributed by atoms with E-state index >= 15 is 0 Å². The second-order valence-corrected chi connectivity index (χ2v) is 2.88. The summed E-state index contributed by atoms with van der Waals surface area (Å²) in [6.45, 7) is -0.778. The van der Waals surface area contributed by atoms with E-state index in [9.17, 15) is 4.79 Å². The van der Waals surface area contributed by atoms with E-state index in [1.165, 1.54) is 24.3 Å². The lowest BCUT2D eigenvalue weighted by molar-refractivity contribution is -0.147. The third kappa shape index (κ3) is 6.13. The third-order valence-electron chi connectivity index (χ3n) is 1.58.